The zero-order valence-corrected chi connectivity index (χ0v) is 14.8. The van der Waals surface area contributed by atoms with Crippen LogP contribution in [-0.4, -0.2) is 26.0 Å². The molecule has 2 bridgehead atoms. The van der Waals surface area contributed by atoms with E-state index in [1.165, 1.54) is 24.8 Å². The SMILES string of the molecule is CNCCCNC(=O)C1(Cc2ccccc2)CC2CCC1C2.Cl. The minimum Gasteiger partial charge on any atom is -0.356 e. The normalized spacial score (nSPS) is 28.4. The van der Waals surface area contributed by atoms with Crippen LogP contribution in [0.5, 0.6) is 0 Å². The van der Waals surface area contributed by atoms with Gasteiger partial charge in [0.2, 0.25) is 5.91 Å². The highest BCUT2D eigenvalue weighted by Gasteiger charge is 2.55. The average molecular weight is 337 g/mol. The fourth-order valence-corrected chi connectivity index (χ4v) is 4.62. The molecule has 2 aliphatic rings. The standard InChI is InChI=1S/C19H28N2O.ClH/c1-20-10-5-11-21-18(22)19(13-15-6-3-2-4-7-15)14-16-8-9-17(19)12-16;/h2-4,6-7,16-17,20H,5,8-14H2,1H3,(H,21,22);1H. The van der Waals surface area contributed by atoms with Crippen molar-refractivity contribution in [2.75, 3.05) is 20.1 Å². The molecule has 0 saturated heterocycles. The smallest absolute Gasteiger partial charge is 0.226 e. The van der Waals surface area contributed by atoms with E-state index in [0.29, 0.717) is 11.8 Å². The Morgan fingerprint density at radius 3 is 2.61 bits per heavy atom. The van der Waals surface area contributed by atoms with E-state index >= 15 is 0 Å². The molecule has 1 aromatic rings. The predicted molar refractivity (Wildman–Crippen MR) is 96.8 cm³/mol. The quantitative estimate of drug-likeness (QED) is 0.751. The lowest BCUT2D eigenvalue weighted by Gasteiger charge is -2.36. The summed E-state index contributed by atoms with van der Waals surface area (Å²) in [5.41, 5.74) is 1.16. The molecular formula is C19H29ClN2O. The molecule has 3 atom stereocenters. The molecule has 2 aliphatic carbocycles. The van der Waals surface area contributed by atoms with Gasteiger partial charge >= 0.3 is 0 Å². The number of amides is 1. The molecule has 2 N–H and O–H groups in total. The minimum atomic E-state index is -0.149. The number of halogens is 1. The van der Waals surface area contributed by atoms with E-state index in [2.05, 4.69) is 41.0 Å². The van der Waals surface area contributed by atoms with Gasteiger partial charge in [-0.2, -0.15) is 0 Å². The van der Waals surface area contributed by atoms with E-state index in [4.69, 9.17) is 0 Å². The molecular weight excluding hydrogens is 308 g/mol. The molecule has 0 radical (unpaired) electrons. The molecule has 3 unspecified atom stereocenters. The fourth-order valence-electron chi connectivity index (χ4n) is 4.62. The summed E-state index contributed by atoms with van der Waals surface area (Å²) in [5, 5.41) is 6.36. The van der Waals surface area contributed by atoms with Crippen molar-refractivity contribution in [2.24, 2.45) is 17.3 Å². The summed E-state index contributed by atoms with van der Waals surface area (Å²) in [7, 11) is 1.95. The molecule has 4 heteroatoms. The molecule has 0 heterocycles. The Balaban J connectivity index is 0.00000192. The number of benzene rings is 1. The van der Waals surface area contributed by atoms with Crippen molar-refractivity contribution in [2.45, 2.75) is 38.5 Å². The van der Waals surface area contributed by atoms with E-state index in [1.807, 2.05) is 7.05 Å². The van der Waals surface area contributed by atoms with Crippen LogP contribution in [0.2, 0.25) is 0 Å². The van der Waals surface area contributed by atoms with Gasteiger partial charge in [-0.25, -0.2) is 0 Å². The average Bonchev–Trinajstić information content (AvgIpc) is 3.14. The van der Waals surface area contributed by atoms with Gasteiger partial charge in [0.05, 0.1) is 5.41 Å². The first-order valence-corrected chi connectivity index (χ1v) is 8.71. The first-order valence-electron chi connectivity index (χ1n) is 8.71. The van der Waals surface area contributed by atoms with Gasteiger partial charge in [0.15, 0.2) is 0 Å². The third-order valence-electron chi connectivity index (χ3n) is 5.68. The number of fused-ring (bicyclic) bond motifs is 2. The Morgan fingerprint density at radius 1 is 1.22 bits per heavy atom. The molecule has 128 valence electrons. The summed E-state index contributed by atoms with van der Waals surface area (Å²) in [5.74, 6) is 1.67. The lowest BCUT2D eigenvalue weighted by Crippen LogP contribution is -2.46. The molecule has 3 nitrogen and oxygen atoms in total. The van der Waals surface area contributed by atoms with Crippen LogP contribution in [-0.2, 0) is 11.2 Å². The molecule has 23 heavy (non-hydrogen) atoms. The van der Waals surface area contributed by atoms with Gasteiger partial charge < -0.3 is 10.6 Å². The monoisotopic (exact) mass is 336 g/mol. The first kappa shape index (κ1) is 18.3. The molecule has 0 aromatic heterocycles. The summed E-state index contributed by atoms with van der Waals surface area (Å²) >= 11 is 0. The highest BCUT2D eigenvalue weighted by atomic mass is 35.5. The van der Waals surface area contributed by atoms with Crippen molar-refractivity contribution in [1.82, 2.24) is 10.6 Å². The predicted octanol–water partition coefficient (Wildman–Crippen LogP) is 3.18. The molecule has 0 spiro atoms. The topological polar surface area (TPSA) is 41.1 Å². The molecule has 1 aromatic carbocycles. The van der Waals surface area contributed by atoms with Crippen LogP contribution in [0.1, 0.15) is 37.7 Å². The Labute approximate surface area is 146 Å². The van der Waals surface area contributed by atoms with E-state index in [0.717, 1.165) is 38.3 Å². The highest BCUT2D eigenvalue weighted by Crippen LogP contribution is 2.57. The van der Waals surface area contributed by atoms with Gasteiger partial charge in [-0.15, -0.1) is 12.4 Å². The molecule has 2 saturated carbocycles. The van der Waals surface area contributed by atoms with Crippen LogP contribution in [0.25, 0.3) is 0 Å². The van der Waals surface area contributed by atoms with Crippen LogP contribution in [0, 0.1) is 17.3 Å². The molecule has 3 rings (SSSR count). The molecule has 2 fully saturated rings. The van der Waals surface area contributed by atoms with E-state index in [-0.39, 0.29) is 17.8 Å². The fraction of sp³-hybridized carbons (Fsp3) is 0.632. The zero-order chi connectivity index (χ0) is 15.4. The number of rotatable bonds is 7. The van der Waals surface area contributed by atoms with Crippen LogP contribution >= 0.6 is 12.4 Å². The van der Waals surface area contributed by atoms with Crippen LogP contribution < -0.4 is 10.6 Å². The number of hydrogen-bond donors (Lipinski definition) is 2. The maximum Gasteiger partial charge on any atom is 0.226 e. The third kappa shape index (κ3) is 3.89. The number of hydrogen-bond acceptors (Lipinski definition) is 2. The Hall–Kier alpha value is -1.06. The lowest BCUT2D eigenvalue weighted by molar-refractivity contribution is -0.134. The van der Waals surface area contributed by atoms with Gasteiger partial charge in [0.1, 0.15) is 0 Å². The lowest BCUT2D eigenvalue weighted by atomic mass is 9.68. The van der Waals surface area contributed by atoms with Gasteiger partial charge in [-0.3, -0.25) is 4.79 Å². The number of carbonyl (C=O) groups is 1. The number of nitrogens with one attached hydrogen (secondary N) is 2. The van der Waals surface area contributed by atoms with Crippen molar-refractivity contribution in [3.63, 3.8) is 0 Å². The van der Waals surface area contributed by atoms with Crippen molar-refractivity contribution < 1.29 is 4.79 Å². The Bertz CT molecular complexity index is 507. The van der Waals surface area contributed by atoms with Gasteiger partial charge in [-0.1, -0.05) is 36.8 Å². The largest absolute Gasteiger partial charge is 0.356 e. The Kier molecular flexibility index (Phi) is 6.49. The molecule has 0 aliphatic heterocycles. The van der Waals surface area contributed by atoms with Gasteiger partial charge in [0, 0.05) is 6.54 Å². The van der Waals surface area contributed by atoms with Crippen LogP contribution in [0.3, 0.4) is 0 Å². The summed E-state index contributed by atoms with van der Waals surface area (Å²) in [4.78, 5) is 13.0. The summed E-state index contributed by atoms with van der Waals surface area (Å²) < 4.78 is 0. The Morgan fingerprint density at radius 2 is 2.00 bits per heavy atom. The van der Waals surface area contributed by atoms with Crippen molar-refractivity contribution >= 4 is 18.3 Å². The first-order chi connectivity index (χ1) is 10.7. The van der Waals surface area contributed by atoms with Crippen LogP contribution in [0.4, 0.5) is 0 Å². The second kappa shape index (κ2) is 8.16. The maximum atomic E-state index is 13.0. The molecule has 1 amide bonds. The minimum absolute atomic E-state index is 0. The second-order valence-corrected chi connectivity index (χ2v) is 7.11. The zero-order valence-electron chi connectivity index (χ0n) is 14.0. The summed E-state index contributed by atoms with van der Waals surface area (Å²) in [6.07, 6.45) is 6.82. The van der Waals surface area contributed by atoms with Crippen LogP contribution in [0.15, 0.2) is 30.3 Å². The second-order valence-electron chi connectivity index (χ2n) is 7.11. The van der Waals surface area contributed by atoms with Crippen molar-refractivity contribution in [3.05, 3.63) is 35.9 Å². The van der Waals surface area contributed by atoms with E-state index in [9.17, 15) is 4.79 Å². The van der Waals surface area contributed by atoms with E-state index < -0.39 is 0 Å². The summed E-state index contributed by atoms with van der Waals surface area (Å²) in [6.45, 7) is 1.74. The van der Waals surface area contributed by atoms with Gasteiger partial charge in [-0.05, 0) is 63.1 Å². The maximum absolute atomic E-state index is 13.0. The van der Waals surface area contributed by atoms with Gasteiger partial charge in [0.25, 0.3) is 0 Å². The van der Waals surface area contributed by atoms with Crippen molar-refractivity contribution in [1.29, 1.82) is 0 Å². The third-order valence-corrected chi connectivity index (χ3v) is 5.68. The van der Waals surface area contributed by atoms with E-state index in [1.54, 1.807) is 0 Å². The number of carbonyl (C=O) groups excluding carboxylic acids is 1. The summed E-state index contributed by atoms with van der Waals surface area (Å²) in [6, 6.07) is 10.6. The van der Waals surface area contributed by atoms with Crippen molar-refractivity contribution in [3.8, 4) is 0 Å². The highest BCUT2D eigenvalue weighted by molar-refractivity contribution is 5.85.